The van der Waals surface area contributed by atoms with Crippen molar-refractivity contribution in [3.8, 4) is 0 Å². The van der Waals surface area contributed by atoms with Crippen LogP contribution >= 0.6 is 15.9 Å². The van der Waals surface area contributed by atoms with Crippen molar-refractivity contribution in [2.24, 2.45) is 5.16 Å². The number of nitrogens with zero attached hydrogens (tertiary/aromatic N) is 1. The van der Waals surface area contributed by atoms with E-state index in [9.17, 15) is 0 Å². The Hall–Kier alpha value is -0.830. The molecule has 64 valence electrons. The highest BCUT2D eigenvalue weighted by molar-refractivity contribution is 9.10. The van der Waals surface area contributed by atoms with Crippen molar-refractivity contribution in [3.63, 3.8) is 0 Å². The monoisotopic (exact) mass is 227 g/mol. The maximum Gasteiger partial charge on any atom is 0.0508 e. The molecule has 1 aromatic carbocycles. The minimum Gasteiger partial charge on any atom is -0.411 e. The average Bonchev–Trinajstić information content (AvgIpc) is 2.05. The lowest BCUT2D eigenvalue weighted by atomic mass is 10.0. The molecule has 0 aromatic heterocycles. The van der Waals surface area contributed by atoms with Crippen LogP contribution in [0.25, 0.3) is 0 Å². The molecule has 0 aliphatic heterocycles. The number of oxime groups is 1. The van der Waals surface area contributed by atoms with Crippen LogP contribution in [0.2, 0.25) is 0 Å². The highest BCUT2D eigenvalue weighted by Gasteiger charge is 2.05. The van der Waals surface area contributed by atoms with E-state index in [4.69, 9.17) is 5.21 Å². The molecular weight excluding hydrogens is 218 g/mol. The fourth-order valence-electron chi connectivity index (χ4n) is 1.02. The number of rotatable bonds is 2. The molecule has 0 fully saturated rings. The smallest absolute Gasteiger partial charge is 0.0508 e. The summed E-state index contributed by atoms with van der Waals surface area (Å²) in [7, 11) is 0. The molecule has 0 heterocycles. The molecule has 0 saturated carbocycles. The van der Waals surface area contributed by atoms with Gasteiger partial charge in [-0.2, -0.15) is 0 Å². The predicted octanol–water partition coefficient (Wildman–Crippen LogP) is 3.01. The highest BCUT2D eigenvalue weighted by atomic mass is 79.9. The molecule has 1 unspecified atom stereocenters. The van der Waals surface area contributed by atoms with Gasteiger partial charge in [0, 0.05) is 10.4 Å². The van der Waals surface area contributed by atoms with Crippen molar-refractivity contribution in [2.75, 3.05) is 0 Å². The summed E-state index contributed by atoms with van der Waals surface area (Å²) >= 11 is 3.42. The van der Waals surface area contributed by atoms with Gasteiger partial charge < -0.3 is 5.21 Å². The summed E-state index contributed by atoms with van der Waals surface area (Å²) in [6.45, 7) is 1.97. The zero-order valence-electron chi connectivity index (χ0n) is 6.74. The summed E-state index contributed by atoms with van der Waals surface area (Å²) in [5, 5.41) is 11.4. The molecule has 0 aliphatic carbocycles. The first-order valence-corrected chi connectivity index (χ1v) is 4.47. The molecular formula is C9H10BrNO. The van der Waals surface area contributed by atoms with Gasteiger partial charge in [0.15, 0.2) is 0 Å². The summed E-state index contributed by atoms with van der Waals surface area (Å²) in [4.78, 5) is 0. The summed E-state index contributed by atoms with van der Waals surface area (Å²) < 4.78 is 1.04. The van der Waals surface area contributed by atoms with Crippen molar-refractivity contribution >= 4 is 22.1 Å². The summed E-state index contributed by atoms with van der Waals surface area (Å²) in [6, 6.07) is 7.88. The van der Waals surface area contributed by atoms with Crippen LogP contribution in [0.1, 0.15) is 18.4 Å². The van der Waals surface area contributed by atoms with Crippen LogP contribution in [0.15, 0.2) is 33.9 Å². The van der Waals surface area contributed by atoms with Gasteiger partial charge in [-0.25, -0.2) is 0 Å². The van der Waals surface area contributed by atoms with E-state index in [2.05, 4.69) is 21.1 Å². The zero-order chi connectivity index (χ0) is 8.97. The summed E-state index contributed by atoms with van der Waals surface area (Å²) in [6.07, 6.45) is 1.50. The van der Waals surface area contributed by atoms with Gasteiger partial charge in [0.25, 0.3) is 0 Å². The first kappa shape index (κ1) is 9.26. The molecule has 1 rings (SSSR count). The van der Waals surface area contributed by atoms with E-state index in [0.29, 0.717) is 0 Å². The van der Waals surface area contributed by atoms with E-state index in [1.165, 1.54) is 6.21 Å². The van der Waals surface area contributed by atoms with Crippen LogP contribution in [0, 0.1) is 0 Å². The van der Waals surface area contributed by atoms with Gasteiger partial charge in [-0.15, -0.1) is 5.16 Å². The first-order chi connectivity index (χ1) is 5.75. The van der Waals surface area contributed by atoms with Crippen LogP contribution in [0.5, 0.6) is 0 Å². The molecule has 0 bridgehead atoms. The summed E-state index contributed by atoms with van der Waals surface area (Å²) in [5.41, 5.74) is 1.12. The van der Waals surface area contributed by atoms with Gasteiger partial charge in [0.05, 0.1) is 6.21 Å². The van der Waals surface area contributed by atoms with Gasteiger partial charge in [0.1, 0.15) is 0 Å². The van der Waals surface area contributed by atoms with Gasteiger partial charge >= 0.3 is 0 Å². The van der Waals surface area contributed by atoms with Crippen LogP contribution in [-0.2, 0) is 0 Å². The minimum atomic E-state index is 0.130. The maximum absolute atomic E-state index is 8.34. The average molecular weight is 228 g/mol. The van der Waals surface area contributed by atoms with Crippen LogP contribution in [0.4, 0.5) is 0 Å². The second-order valence-electron chi connectivity index (χ2n) is 2.57. The molecule has 0 spiro atoms. The lowest BCUT2D eigenvalue weighted by molar-refractivity contribution is 0.320. The van der Waals surface area contributed by atoms with Gasteiger partial charge in [-0.1, -0.05) is 41.1 Å². The Morgan fingerprint density at radius 2 is 2.17 bits per heavy atom. The molecule has 0 saturated heterocycles. The molecule has 0 amide bonds. The SMILES string of the molecule is CC(C=NO)c1ccccc1Br. The number of benzene rings is 1. The molecule has 0 radical (unpaired) electrons. The third-order valence-corrected chi connectivity index (χ3v) is 2.41. The predicted molar refractivity (Wildman–Crippen MR) is 52.8 cm³/mol. The Bertz CT molecular complexity index is 286. The Balaban J connectivity index is 2.94. The number of hydrogen-bond acceptors (Lipinski definition) is 2. The zero-order valence-corrected chi connectivity index (χ0v) is 8.32. The molecule has 12 heavy (non-hydrogen) atoms. The fraction of sp³-hybridized carbons (Fsp3) is 0.222. The van der Waals surface area contributed by atoms with E-state index in [0.717, 1.165) is 10.0 Å². The Labute approximate surface area is 80.0 Å². The van der Waals surface area contributed by atoms with Crippen molar-refractivity contribution in [3.05, 3.63) is 34.3 Å². The third-order valence-electron chi connectivity index (χ3n) is 1.69. The fourth-order valence-corrected chi connectivity index (χ4v) is 1.67. The van der Waals surface area contributed by atoms with Crippen LogP contribution < -0.4 is 0 Å². The summed E-state index contributed by atoms with van der Waals surface area (Å²) in [5.74, 6) is 0.130. The van der Waals surface area contributed by atoms with E-state index >= 15 is 0 Å². The Kier molecular flexibility index (Phi) is 3.29. The van der Waals surface area contributed by atoms with Gasteiger partial charge in [0.2, 0.25) is 0 Å². The first-order valence-electron chi connectivity index (χ1n) is 3.67. The van der Waals surface area contributed by atoms with Crippen molar-refractivity contribution < 1.29 is 5.21 Å². The van der Waals surface area contributed by atoms with Crippen LogP contribution in [-0.4, -0.2) is 11.4 Å². The van der Waals surface area contributed by atoms with E-state index < -0.39 is 0 Å². The van der Waals surface area contributed by atoms with Crippen molar-refractivity contribution in [1.82, 2.24) is 0 Å². The third kappa shape index (κ3) is 2.08. The lowest BCUT2D eigenvalue weighted by Gasteiger charge is -2.06. The minimum absolute atomic E-state index is 0.130. The maximum atomic E-state index is 8.34. The lowest BCUT2D eigenvalue weighted by Crippen LogP contribution is -1.95. The number of halogens is 1. The van der Waals surface area contributed by atoms with Crippen molar-refractivity contribution in [1.29, 1.82) is 0 Å². The molecule has 3 heteroatoms. The van der Waals surface area contributed by atoms with Gasteiger partial charge in [-0.3, -0.25) is 0 Å². The quantitative estimate of drug-likeness (QED) is 0.471. The molecule has 1 aromatic rings. The largest absolute Gasteiger partial charge is 0.411 e. The number of hydrogen-bond donors (Lipinski definition) is 1. The van der Waals surface area contributed by atoms with Gasteiger partial charge in [-0.05, 0) is 11.6 Å². The topological polar surface area (TPSA) is 32.6 Å². The molecule has 0 aliphatic rings. The Morgan fingerprint density at radius 3 is 2.75 bits per heavy atom. The Morgan fingerprint density at radius 1 is 1.50 bits per heavy atom. The van der Waals surface area contributed by atoms with Crippen molar-refractivity contribution in [2.45, 2.75) is 12.8 Å². The molecule has 1 N–H and O–H groups in total. The highest BCUT2D eigenvalue weighted by Crippen LogP contribution is 2.22. The van der Waals surface area contributed by atoms with E-state index in [1.807, 2.05) is 31.2 Å². The molecule has 1 atom stereocenters. The standard InChI is InChI=1S/C9H10BrNO/c1-7(6-11-12)8-4-2-3-5-9(8)10/h2-7,12H,1H3. The second-order valence-corrected chi connectivity index (χ2v) is 3.43. The normalized spacial score (nSPS) is 13.5. The second kappa shape index (κ2) is 4.26. The molecule has 2 nitrogen and oxygen atoms in total. The van der Waals surface area contributed by atoms with Crippen LogP contribution in [0.3, 0.4) is 0 Å². The van der Waals surface area contributed by atoms with E-state index in [-0.39, 0.29) is 5.92 Å². The van der Waals surface area contributed by atoms with E-state index in [1.54, 1.807) is 0 Å².